The molecule has 0 aromatic heterocycles. The van der Waals surface area contributed by atoms with Gasteiger partial charge in [0.05, 0.1) is 0 Å². The van der Waals surface area contributed by atoms with E-state index in [2.05, 4.69) is 55.6 Å². The van der Waals surface area contributed by atoms with E-state index in [1.165, 1.54) is 35.7 Å². The van der Waals surface area contributed by atoms with Crippen molar-refractivity contribution in [2.75, 3.05) is 6.54 Å². The number of amides is 1. The maximum atomic E-state index is 12.3. The van der Waals surface area contributed by atoms with Crippen LogP contribution in [0.25, 0.3) is 0 Å². The van der Waals surface area contributed by atoms with Gasteiger partial charge in [0.2, 0.25) is 0 Å². The Labute approximate surface area is 170 Å². The van der Waals surface area contributed by atoms with Gasteiger partial charge < -0.3 is 10.7 Å². The molecule has 0 spiro atoms. The zero-order chi connectivity index (χ0) is 20.2. The summed E-state index contributed by atoms with van der Waals surface area (Å²) in [5, 5.41) is 10.1. The second-order valence-corrected chi connectivity index (χ2v) is 7.58. The van der Waals surface area contributed by atoms with Crippen LogP contribution in [0.5, 0.6) is 0 Å². The molecular formula is C25H34N2O. The van der Waals surface area contributed by atoms with E-state index in [9.17, 15) is 4.79 Å². The van der Waals surface area contributed by atoms with E-state index in [-0.39, 0.29) is 5.91 Å². The highest BCUT2D eigenvalue weighted by Gasteiger charge is 2.08. The first-order valence-electron chi connectivity index (χ1n) is 10.6. The number of nitrogens with one attached hydrogen (secondary N) is 2. The van der Waals surface area contributed by atoms with Crippen LogP contribution < -0.4 is 5.32 Å². The molecule has 3 nitrogen and oxygen atoms in total. The SMILES string of the molecule is CCCC(C)c1ccc(C(=O)NCCc2ccc(CCCCC=N)cc2)cc1. The van der Waals surface area contributed by atoms with Crippen molar-refractivity contribution in [3.05, 3.63) is 70.8 Å². The van der Waals surface area contributed by atoms with Crippen molar-refractivity contribution in [1.29, 1.82) is 5.41 Å². The van der Waals surface area contributed by atoms with Gasteiger partial charge in [0.15, 0.2) is 0 Å². The van der Waals surface area contributed by atoms with Crippen molar-refractivity contribution in [3.8, 4) is 0 Å². The molecule has 0 aliphatic rings. The molecule has 0 fully saturated rings. The number of carbonyl (C=O) groups is 1. The summed E-state index contributed by atoms with van der Waals surface area (Å²) in [7, 11) is 0. The van der Waals surface area contributed by atoms with E-state index in [1.54, 1.807) is 0 Å². The number of rotatable bonds is 12. The Morgan fingerprint density at radius 3 is 2.25 bits per heavy atom. The summed E-state index contributed by atoms with van der Waals surface area (Å²) in [5.74, 6) is 0.540. The van der Waals surface area contributed by atoms with Gasteiger partial charge in [0.25, 0.3) is 5.91 Å². The molecule has 1 amide bonds. The Hall–Kier alpha value is -2.42. The summed E-state index contributed by atoms with van der Waals surface area (Å²) in [4.78, 5) is 12.3. The molecule has 2 N–H and O–H groups in total. The van der Waals surface area contributed by atoms with Crippen LogP contribution in [0.15, 0.2) is 48.5 Å². The largest absolute Gasteiger partial charge is 0.352 e. The van der Waals surface area contributed by atoms with E-state index >= 15 is 0 Å². The topological polar surface area (TPSA) is 53.0 Å². The summed E-state index contributed by atoms with van der Waals surface area (Å²) < 4.78 is 0. The third-order valence-corrected chi connectivity index (χ3v) is 5.25. The summed E-state index contributed by atoms with van der Waals surface area (Å²) in [6, 6.07) is 16.7. The summed E-state index contributed by atoms with van der Waals surface area (Å²) in [6.07, 6.45) is 8.82. The molecule has 2 rings (SSSR count). The fourth-order valence-electron chi connectivity index (χ4n) is 3.43. The highest BCUT2D eigenvalue weighted by Crippen LogP contribution is 2.20. The Morgan fingerprint density at radius 2 is 1.64 bits per heavy atom. The molecule has 150 valence electrons. The molecule has 3 heteroatoms. The number of benzene rings is 2. The van der Waals surface area contributed by atoms with E-state index in [1.807, 2.05) is 12.1 Å². The molecule has 1 atom stereocenters. The lowest BCUT2D eigenvalue weighted by Gasteiger charge is -2.11. The molecule has 0 aliphatic heterocycles. The fraction of sp³-hybridized carbons (Fsp3) is 0.440. The Balaban J connectivity index is 1.75. The van der Waals surface area contributed by atoms with E-state index < -0.39 is 0 Å². The van der Waals surface area contributed by atoms with E-state index in [4.69, 9.17) is 5.41 Å². The maximum Gasteiger partial charge on any atom is 0.251 e. The van der Waals surface area contributed by atoms with Crippen molar-refractivity contribution >= 4 is 12.1 Å². The Morgan fingerprint density at radius 1 is 1.00 bits per heavy atom. The van der Waals surface area contributed by atoms with Crippen molar-refractivity contribution < 1.29 is 4.79 Å². The first kappa shape index (κ1) is 21.9. The lowest BCUT2D eigenvalue weighted by atomic mass is 9.95. The number of hydrogen-bond acceptors (Lipinski definition) is 2. The smallest absolute Gasteiger partial charge is 0.251 e. The van der Waals surface area contributed by atoms with Gasteiger partial charge in [-0.25, -0.2) is 0 Å². The predicted molar refractivity (Wildman–Crippen MR) is 119 cm³/mol. The Kier molecular flexibility index (Phi) is 9.47. The van der Waals surface area contributed by atoms with Crippen LogP contribution in [0.4, 0.5) is 0 Å². The van der Waals surface area contributed by atoms with Crippen LogP contribution in [0.2, 0.25) is 0 Å². The normalized spacial score (nSPS) is 11.8. The highest BCUT2D eigenvalue weighted by atomic mass is 16.1. The minimum Gasteiger partial charge on any atom is -0.352 e. The molecule has 0 saturated heterocycles. The Bertz CT molecular complexity index is 719. The zero-order valence-electron chi connectivity index (χ0n) is 17.3. The maximum absolute atomic E-state index is 12.3. The van der Waals surface area contributed by atoms with Gasteiger partial charge in [0, 0.05) is 12.1 Å². The molecule has 28 heavy (non-hydrogen) atoms. The van der Waals surface area contributed by atoms with Crippen LogP contribution >= 0.6 is 0 Å². The van der Waals surface area contributed by atoms with Gasteiger partial charge in [-0.2, -0.15) is 0 Å². The van der Waals surface area contributed by atoms with Crippen LogP contribution in [0.3, 0.4) is 0 Å². The minimum absolute atomic E-state index is 0.00230. The monoisotopic (exact) mass is 378 g/mol. The minimum atomic E-state index is -0.00230. The number of hydrogen-bond donors (Lipinski definition) is 2. The molecule has 0 heterocycles. The first-order chi connectivity index (χ1) is 13.6. The summed E-state index contributed by atoms with van der Waals surface area (Å²) in [6.45, 7) is 5.08. The molecule has 0 aliphatic carbocycles. The predicted octanol–water partition coefficient (Wildman–Crippen LogP) is 5.93. The molecule has 0 saturated carbocycles. The van der Waals surface area contributed by atoms with Crippen molar-refractivity contribution in [2.24, 2.45) is 0 Å². The third-order valence-electron chi connectivity index (χ3n) is 5.25. The van der Waals surface area contributed by atoms with Crippen LogP contribution in [-0.2, 0) is 12.8 Å². The second-order valence-electron chi connectivity index (χ2n) is 7.58. The van der Waals surface area contributed by atoms with Gasteiger partial charge in [-0.15, -0.1) is 0 Å². The molecule has 2 aromatic carbocycles. The highest BCUT2D eigenvalue weighted by molar-refractivity contribution is 5.94. The van der Waals surface area contributed by atoms with Gasteiger partial charge in [-0.1, -0.05) is 56.7 Å². The van der Waals surface area contributed by atoms with Gasteiger partial charge >= 0.3 is 0 Å². The van der Waals surface area contributed by atoms with Gasteiger partial charge in [-0.3, -0.25) is 4.79 Å². The first-order valence-corrected chi connectivity index (χ1v) is 10.6. The summed E-state index contributed by atoms with van der Waals surface area (Å²) in [5.41, 5.74) is 4.62. The fourth-order valence-corrected chi connectivity index (χ4v) is 3.43. The van der Waals surface area contributed by atoms with Crippen molar-refractivity contribution in [1.82, 2.24) is 5.32 Å². The van der Waals surface area contributed by atoms with Crippen LogP contribution in [0.1, 0.15) is 78.9 Å². The number of carbonyl (C=O) groups excluding carboxylic acids is 1. The number of aryl methyl sites for hydroxylation is 1. The van der Waals surface area contributed by atoms with E-state index in [0.717, 1.165) is 37.7 Å². The summed E-state index contributed by atoms with van der Waals surface area (Å²) >= 11 is 0. The lowest BCUT2D eigenvalue weighted by Crippen LogP contribution is -2.25. The average Bonchev–Trinajstić information content (AvgIpc) is 2.72. The molecule has 0 bridgehead atoms. The average molecular weight is 379 g/mol. The standard InChI is InChI=1S/C25H34N2O/c1-3-7-20(2)23-13-15-24(16-14-23)25(28)27-19-17-22-11-9-21(10-12-22)8-5-4-6-18-26/h9-16,18,20,26H,3-8,17,19H2,1-2H3,(H,27,28). The number of unbranched alkanes of at least 4 members (excludes halogenated alkanes) is 2. The second kappa shape index (κ2) is 12.1. The zero-order valence-corrected chi connectivity index (χ0v) is 17.3. The molecular weight excluding hydrogens is 344 g/mol. The van der Waals surface area contributed by atoms with Crippen LogP contribution in [0, 0.1) is 5.41 Å². The quantitative estimate of drug-likeness (QED) is 0.349. The van der Waals surface area contributed by atoms with Gasteiger partial charge in [0.1, 0.15) is 0 Å². The molecule has 1 unspecified atom stereocenters. The van der Waals surface area contributed by atoms with Crippen molar-refractivity contribution in [3.63, 3.8) is 0 Å². The third kappa shape index (κ3) is 7.30. The van der Waals surface area contributed by atoms with Crippen LogP contribution in [-0.4, -0.2) is 18.7 Å². The van der Waals surface area contributed by atoms with Crippen molar-refractivity contribution in [2.45, 2.75) is 64.7 Å². The lowest BCUT2D eigenvalue weighted by molar-refractivity contribution is 0.0954. The van der Waals surface area contributed by atoms with E-state index in [0.29, 0.717) is 12.5 Å². The van der Waals surface area contributed by atoms with Gasteiger partial charge in [-0.05, 0) is 79.5 Å². The molecule has 2 aromatic rings. The molecule has 0 radical (unpaired) electrons.